The van der Waals surface area contributed by atoms with E-state index in [-0.39, 0.29) is 18.2 Å². The molecule has 0 aromatic heterocycles. The van der Waals surface area contributed by atoms with E-state index in [0.29, 0.717) is 11.1 Å². The Morgan fingerprint density at radius 1 is 1.29 bits per heavy atom. The number of rotatable bonds is 4. The summed E-state index contributed by atoms with van der Waals surface area (Å²) in [4.78, 5) is 11.6. The van der Waals surface area contributed by atoms with E-state index in [1.54, 1.807) is 31.3 Å². The van der Waals surface area contributed by atoms with Gasteiger partial charge in [-0.3, -0.25) is 4.79 Å². The molecule has 1 amide bonds. The fourth-order valence-corrected chi connectivity index (χ4v) is 1.99. The Bertz CT molecular complexity index is 671. The molecule has 0 fully saturated rings. The highest BCUT2D eigenvalue weighted by atomic mass is 19.1. The number of aryl methyl sites for hydroxylation is 1. The molecule has 0 saturated carbocycles. The molecule has 0 unspecified atom stereocenters. The van der Waals surface area contributed by atoms with E-state index < -0.39 is 5.82 Å². The number of amides is 1. The highest BCUT2D eigenvalue weighted by Crippen LogP contribution is 2.23. The second-order valence-electron chi connectivity index (χ2n) is 4.71. The Labute approximate surface area is 122 Å². The van der Waals surface area contributed by atoms with Crippen LogP contribution in [0.25, 0.3) is 0 Å². The zero-order chi connectivity index (χ0) is 15.4. The van der Waals surface area contributed by atoms with Crippen LogP contribution in [0, 0.1) is 12.7 Å². The van der Waals surface area contributed by atoms with Crippen molar-refractivity contribution in [3.63, 3.8) is 0 Å². The smallest absolute Gasteiger partial charge is 0.251 e. The van der Waals surface area contributed by atoms with Crippen LogP contribution in [-0.4, -0.2) is 18.1 Å². The first-order valence-corrected chi connectivity index (χ1v) is 6.56. The van der Waals surface area contributed by atoms with Gasteiger partial charge in [0.05, 0.1) is 0 Å². The monoisotopic (exact) mass is 288 g/mol. The first kappa shape index (κ1) is 14.8. The third-order valence-electron chi connectivity index (χ3n) is 3.27. The summed E-state index contributed by atoms with van der Waals surface area (Å²) < 4.78 is 13.3. The number of anilines is 1. The first-order chi connectivity index (χ1) is 10.0. The number of aromatic hydroxyl groups is 1. The van der Waals surface area contributed by atoms with Gasteiger partial charge in [0.25, 0.3) is 5.91 Å². The summed E-state index contributed by atoms with van der Waals surface area (Å²) in [5, 5.41) is 15.3. The summed E-state index contributed by atoms with van der Waals surface area (Å²) in [6.07, 6.45) is 0. The van der Waals surface area contributed by atoms with Crippen molar-refractivity contribution < 1.29 is 14.3 Å². The van der Waals surface area contributed by atoms with Gasteiger partial charge in [0.1, 0.15) is 0 Å². The second-order valence-corrected chi connectivity index (χ2v) is 4.71. The number of halogens is 1. The van der Waals surface area contributed by atoms with Crippen molar-refractivity contribution >= 4 is 11.6 Å². The molecule has 0 saturated heterocycles. The van der Waals surface area contributed by atoms with Crippen molar-refractivity contribution in [2.75, 3.05) is 12.4 Å². The number of hydrogen-bond donors (Lipinski definition) is 3. The van der Waals surface area contributed by atoms with Crippen LogP contribution in [0.2, 0.25) is 0 Å². The fraction of sp³-hybridized carbons (Fsp3) is 0.188. The quantitative estimate of drug-likeness (QED) is 0.810. The van der Waals surface area contributed by atoms with Gasteiger partial charge in [0.15, 0.2) is 11.6 Å². The summed E-state index contributed by atoms with van der Waals surface area (Å²) >= 11 is 0. The van der Waals surface area contributed by atoms with Crippen molar-refractivity contribution in [1.82, 2.24) is 5.32 Å². The lowest BCUT2D eigenvalue weighted by atomic mass is 10.1. The van der Waals surface area contributed by atoms with Crippen LogP contribution in [-0.2, 0) is 6.54 Å². The third kappa shape index (κ3) is 3.31. The minimum Gasteiger partial charge on any atom is -0.505 e. The number of para-hydroxylation sites is 1. The molecule has 0 aliphatic heterocycles. The topological polar surface area (TPSA) is 61.4 Å². The average Bonchev–Trinajstić information content (AvgIpc) is 2.49. The molecule has 3 N–H and O–H groups in total. The summed E-state index contributed by atoms with van der Waals surface area (Å²) in [5.41, 5.74) is 2.71. The van der Waals surface area contributed by atoms with Crippen LogP contribution in [0.4, 0.5) is 10.1 Å². The lowest BCUT2D eigenvalue weighted by Gasteiger charge is -2.12. The molecule has 0 aliphatic rings. The normalized spacial score (nSPS) is 10.2. The van der Waals surface area contributed by atoms with Crippen molar-refractivity contribution in [1.29, 1.82) is 0 Å². The number of phenolic OH excluding ortho intramolecular Hbond substituents is 1. The van der Waals surface area contributed by atoms with Crippen molar-refractivity contribution in [2.24, 2.45) is 0 Å². The molecule has 110 valence electrons. The van der Waals surface area contributed by atoms with Gasteiger partial charge in [-0.25, -0.2) is 4.39 Å². The van der Waals surface area contributed by atoms with E-state index in [1.807, 2.05) is 13.0 Å². The molecule has 0 aliphatic carbocycles. The second kappa shape index (κ2) is 6.26. The van der Waals surface area contributed by atoms with E-state index in [1.165, 1.54) is 6.07 Å². The lowest BCUT2D eigenvalue weighted by Crippen LogP contribution is -2.18. The SMILES string of the molecule is CNC(=O)c1ccc(C)c(NCc2cccc(F)c2O)c1. The zero-order valence-electron chi connectivity index (χ0n) is 11.9. The van der Waals surface area contributed by atoms with E-state index in [9.17, 15) is 14.3 Å². The van der Waals surface area contributed by atoms with Crippen molar-refractivity contribution in [3.05, 3.63) is 58.9 Å². The number of nitrogens with one attached hydrogen (secondary N) is 2. The molecule has 0 bridgehead atoms. The van der Waals surface area contributed by atoms with Gasteiger partial charge in [-0.05, 0) is 30.7 Å². The maximum absolute atomic E-state index is 13.3. The number of hydrogen-bond acceptors (Lipinski definition) is 3. The molecular formula is C16H17FN2O2. The van der Waals surface area contributed by atoms with Crippen LogP contribution in [0.1, 0.15) is 21.5 Å². The molecule has 0 atom stereocenters. The van der Waals surface area contributed by atoms with Crippen molar-refractivity contribution in [2.45, 2.75) is 13.5 Å². The largest absolute Gasteiger partial charge is 0.505 e. The summed E-state index contributed by atoms with van der Waals surface area (Å²) in [5.74, 6) is -1.18. The summed E-state index contributed by atoms with van der Waals surface area (Å²) in [7, 11) is 1.57. The Morgan fingerprint density at radius 3 is 2.76 bits per heavy atom. The van der Waals surface area contributed by atoms with Crippen LogP contribution in [0.3, 0.4) is 0 Å². The third-order valence-corrected chi connectivity index (χ3v) is 3.27. The number of phenols is 1. The highest BCUT2D eigenvalue weighted by molar-refractivity contribution is 5.95. The Morgan fingerprint density at radius 2 is 2.05 bits per heavy atom. The maximum Gasteiger partial charge on any atom is 0.251 e. The molecule has 4 nitrogen and oxygen atoms in total. The zero-order valence-corrected chi connectivity index (χ0v) is 11.9. The van der Waals surface area contributed by atoms with Crippen LogP contribution >= 0.6 is 0 Å². The van der Waals surface area contributed by atoms with E-state index in [4.69, 9.17) is 0 Å². The molecule has 2 rings (SSSR count). The van der Waals surface area contributed by atoms with Gasteiger partial charge in [-0.2, -0.15) is 0 Å². The van der Waals surface area contributed by atoms with Crippen LogP contribution < -0.4 is 10.6 Å². The molecular weight excluding hydrogens is 271 g/mol. The Kier molecular flexibility index (Phi) is 4.42. The minimum atomic E-state index is -0.648. The standard InChI is InChI=1S/C16H17FN2O2/c1-10-6-7-11(16(21)18-2)8-14(10)19-9-12-4-3-5-13(17)15(12)20/h3-8,19-20H,9H2,1-2H3,(H,18,21). The van der Waals surface area contributed by atoms with Crippen LogP contribution in [0.5, 0.6) is 5.75 Å². The highest BCUT2D eigenvalue weighted by Gasteiger charge is 2.09. The predicted octanol–water partition coefficient (Wildman–Crippen LogP) is 2.81. The predicted molar refractivity (Wildman–Crippen MR) is 80.0 cm³/mol. The Balaban J connectivity index is 2.19. The number of carbonyl (C=O) groups is 1. The van der Waals surface area contributed by atoms with E-state index >= 15 is 0 Å². The molecule has 5 heteroatoms. The van der Waals surface area contributed by atoms with Crippen molar-refractivity contribution in [3.8, 4) is 5.75 Å². The van der Waals surface area contributed by atoms with Crippen LogP contribution in [0.15, 0.2) is 36.4 Å². The number of carbonyl (C=O) groups excluding carboxylic acids is 1. The maximum atomic E-state index is 13.3. The molecule has 2 aromatic carbocycles. The van der Waals surface area contributed by atoms with Gasteiger partial charge >= 0.3 is 0 Å². The summed E-state index contributed by atoms with van der Waals surface area (Å²) in [6.45, 7) is 2.17. The van der Waals surface area contributed by atoms with E-state index in [2.05, 4.69) is 10.6 Å². The first-order valence-electron chi connectivity index (χ1n) is 6.56. The van der Waals surface area contributed by atoms with Gasteiger partial charge in [0.2, 0.25) is 0 Å². The molecule has 0 radical (unpaired) electrons. The molecule has 21 heavy (non-hydrogen) atoms. The molecule has 0 spiro atoms. The summed E-state index contributed by atoms with van der Waals surface area (Å²) in [6, 6.07) is 9.68. The van der Waals surface area contributed by atoms with Gasteiger partial charge in [0, 0.05) is 30.4 Å². The minimum absolute atomic E-state index is 0.174. The van der Waals surface area contributed by atoms with Gasteiger partial charge in [-0.1, -0.05) is 18.2 Å². The molecule has 2 aromatic rings. The molecule has 0 heterocycles. The number of benzene rings is 2. The van der Waals surface area contributed by atoms with E-state index in [0.717, 1.165) is 11.3 Å². The average molecular weight is 288 g/mol. The fourth-order valence-electron chi connectivity index (χ4n) is 1.99. The Hall–Kier alpha value is -2.56. The van der Waals surface area contributed by atoms with Gasteiger partial charge < -0.3 is 15.7 Å². The van der Waals surface area contributed by atoms with Gasteiger partial charge in [-0.15, -0.1) is 0 Å². The lowest BCUT2D eigenvalue weighted by molar-refractivity contribution is 0.0963.